The minimum Gasteiger partial charge on any atom is -0.450 e. The van der Waals surface area contributed by atoms with Gasteiger partial charge in [-0.3, -0.25) is 4.79 Å². The molecule has 2 aromatic carbocycles. The zero-order valence-corrected chi connectivity index (χ0v) is 10.7. The molecule has 0 radical (unpaired) electrons. The van der Waals surface area contributed by atoms with Gasteiger partial charge in [0.25, 0.3) is 0 Å². The minimum absolute atomic E-state index is 0.00808. The van der Waals surface area contributed by atoms with Gasteiger partial charge in [0.15, 0.2) is 17.2 Å². The summed E-state index contributed by atoms with van der Waals surface area (Å²) in [5.74, 6) is -2.60. The van der Waals surface area contributed by atoms with Crippen molar-refractivity contribution < 1.29 is 22.4 Å². The van der Waals surface area contributed by atoms with Gasteiger partial charge < -0.3 is 4.42 Å². The quantitative estimate of drug-likeness (QED) is 0.674. The molecule has 0 aliphatic rings. The van der Waals surface area contributed by atoms with Crippen molar-refractivity contribution in [2.75, 3.05) is 0 Å². The van der Waals surface area contributed by atoms with Crippen molar-refractivity contribution in [1.29, 1.82) is 0 Å². The van der Waals surface area contributed by atoms with Crippen LogP contribution in [0.3, 0.4) is 0 Å². The lowest BCUT2D eigenvalue weighted by Crippen LogP contribution is -2.02. The molecule has 106 valence electrons. The fourth-order valence-corrected chi connectivity index (χ4v) is 2.15. The van der Waals surface area contributed by atoms with Crippen LogP contribution in [0, 0.1) is 17.5 Å². The van der Waals surface area contributed by atoms with Crippen LogP contribution in [0.25, 0.3) is 11.0 Å². The normalized spacial score (nSPS) is 11.0. The molecular weight excluding hydrogens is 281 g/mol. The molecule has 0 bridgehead atoms. The molecule has 0 saturated carbocycles. The number of Topliss-reactive ketones (excluding diaryl/α,β-unsaturated/α-hetero) is 1. The Hall–Kier alpha value is -2.56. The summed E-state index contributed by atoms with van der Waals surface area (Å²) in [4.78, 5) is 12.1. The van der Waals surface area contributed by atoms with Gasteiger partial charge in [0.2, 0.25) is 5.78 Å². The predicted octanol–water partition coefficient (Wildman–Crippen LogP) is 4.28. The summed E-state index contributed by atoms with van der Waals surface area (Å²) in [6.07, 6.45) is -0.226. The van der Waals surface area contributed by atoms with Gasteiger partial charge in [-0.1, -0.05) is 12.1 Å². The van der Waals surface area contributed by atoms with E-state index >= 15 is 0 Å². The first-order valence-corrected chi connectivity index (χ1v) is 6.19. The van der Waals surface area contributed by atoms with E-state index in [2.05, 4.69) is 0 Å². The SMILES string of the molecule is O=C(Cc1cc(F)cc(F)c1)c1cc2cccc(F)c2o1. The Bertz CT molecular complexity index is 816. The van der Waals surface area contributed by atoms with E-state index in [1.807, 2.05) is 0 Å². The largest absolute Gasteiger partial charge is 0.450 e. The second-order valence-electron chi connectivity index (χ2n) is 4.65. The van der Waals surface area contributed by atoms with E-state index in [0.29, 0.717) is 5.39 Å². The van der Waals surface area contributed by atoms with E-state index in [4.69, 9.17) is 4.42 Å². The van der Waals surface area contributed by atoms with Gasteiger partial charge in [0.05, 0.1) is 0 Å². The molecule has 0 unspecified atom stereocenters. The standard InChI is InChI=1S/C16H9F3O2/c17-11-4-9(5-12(18)8-11)6-14(20)15-7-10-2-1-3-13(19)16(10)21-15/h1-5,7-8H,6H2. The predicted molar refractivity (Wildman–Crippen MR) is 70.6 cm³/mol. The Kier molecular flexibility index (Phi) is 3.25. The molecule has 0 fully saturated rings. The van der Waals surface area contributed by atoms with Crippen molar-refractivity contribution in [3.63, 3.8) is 0 Å². The number of furan rings is 1. The first-order valence-electron chi connectivity index (χ1n) is 6.19. The number of carbonyl (C=O) groups excluding carboxylic acids is 1. The van der Waals surface area contributed by atoms with E-state index in [-0.39, 0.29) is 23.3 Å². The molecule has 0 saturated heterocycles. The molecule has 0 amide bonds. The molecule has 0 atom stereocenters. The molecular formula is C16H9F3O2. The van der Waals surface area contributed by atoms with Crippen LogP contribution in [-0.4, -0.2) is 5.78 Å². The summed E-state index contributed by atoms with van der Waals surface area (Å²) in [6, 6.07) is 8.63. The fraction of sp³-hybridized carbons (Fsp3) is 0.0625. The Labute approximate surface area is 117 Å². The Morgan fingerprint density at radius 1 is 1.00 bits per heavy atom. The van der Waals surface area contributed by atoms with E-state index in [1.165, 1.54) is 18.2 Å². The highest BCUT2D eigenvalue weighted by Gasteiger charge is 2.15. The maximum absolute atomic E-state index is 13.5. The Morgan fingerprint density at radius 2 is 1.71 bits per heavy atom. The van der Waals surface area contributed by atoms with Crippen molar-refractivity contribution >= 4 is 16.8 Å². The number of hydrogen-bond donors (Lipinski definition) is 0. The van der Waals surface area contributed by atoms with E-state index in [0.717, 1.165) is 18.2 Å². The lowest BCUT2D eigenvalue weighted by molar-refractivity contribution is 0.0968. The first-order chi connectivity index (χ1) is 10.0. The first kappa shape index (κ1) is 13.4. The molecule has 1 aromatic heterocycles. The van der Waals surface area contributed by atoms with Gasteiger partial charge in [-0.2, -0.15) is 0 Å². The molecule has 21 heavy (non-hydrogen) atoms. The van der Waals surface area contributed by atoms with Crippen LogP contribution in [0.4, 0.5) is 13.2 Å². The van der Waals surface area contributed by atoms with E-state index in [9.17, 15) is 18.0 Å². The average molecular weight is 290 g/mol. The summed E-state index contributed by atoms with van der Waals surface area (Å²) in [5.41, 5.74) is 0.185. The molecule has 3 aromatic rings. The Morgan fingerprint density at radius 3 is 2.38 bits per heavy atom. The second kappa shape index (κ2) is 5.09. The third kappa shape index (κ3) is 2.67. The lowest BCUT2D eigenvalue weighted by Gasteiger charge is -2.00. The fourth-order valence-electron chi connectivity index (χ4n) is 2.15. The molecule has 3 rings (SSSR count). The summed E-state index contributed by atoms with van der Waals surface area (Å²) in [6.45, 7) is 0. The number of fused-ring (bicyclic) bond motifs is 1. The van der Waals surface area contributed by atoms with E-state index < -0.39 is 23.2 Å². The topological polar surface area (TPSA) is 30.2 Å². The van der Waals surface area contributed by atoms with Gasteiger partial charge in [-0.15, -0.1) is 0 Å². The summed E-state index contributed by atoms with van der Waals surface area (Å²) in [5, 5.41) is 0.462. The third-order valence-electron chi connectivity index (χ3n) is 3.06. The van der Waals surface area contributed by atoms with Gasteiger partial charge in [0, 0.05) is 17.9 Å². The maximum atomic E-state index is 13.5. The number of rotatable bonds is 3. The minimum atomic E-state index is -0.756. The van der Waals surface area contributed by atoms with Crippen molar-refractivity contribution in [3.8, 4) is 0 Å². The lowest BCUT2D eigenvalue weighted by atomic mass is 10.1. The van der Waals surface area contributed by atoms with Gasteiger partial charge >= 0.3 is 0 Å². The van der Waals surface area contributed by atoms with Crippen LogP contribution in [0.2, 0.25) is 0 Å². The zero-order chi connectivity index (χ0) is 15.0. The molecule has 1 heterocycles. The smallest absolute Gasteiger partial charge is 0.202 e. The monoisotopic (exact) mass is 290 g/mol. The molecule has 0 aliphatic carbocycles. The molecule has 0 spiro atoms. The number of hydrogen-bond acceptors (Lipinski definition) is 2. The molecule has 0 N–H and O–H groups in total. The highest BCUT2D eigenvalue weighted by atomic mass is 19.1. The van der Waals surface area contributed by atoms with Crippen LogP contribution in [0.15, 0.2) is 46.9 Å². The van der Waals surface area contributed by atoms with Crippen LogP contribution in [0.1, 0.15) is 16.1 Å². The number of para-hydroxylation sites is 1. The average Bonchev–Trinajstić information content (AvgIpc) is 2.83. The summed E-state index contributed by atoms with van der Waals surface area (Å²) < 4.78 is 44.8. The van der Waals surface area contributed by atoms with Crippen LogP contribution in [-0.2, 0) is 6.42 Å². The number of ketones is 1. The molecule has 0 aliphatic heterocycles. The second-order valence-corrected chi connectivity index (χ2v) is 4.65. The third-order valence-corrected chi connectivity index (χ3v) is 3.06. The van der Waals surface area contributed by atoms with Crippen molar-refractivity contribution in [1.82, 2.24) is 0 Å². The van der Waals surface area contributed by atoms with Crippen LogP contribution < -0.4 is 0 Å². The van der Waals surface area contributed by atoms with Gasteiger partial charge in [-0.25, -0.2) is 13.2 Å². The highest BCUT2D eigenvalue weighted by Crippen LogP contribution is 2.23. The molecule has 5 heteroatoms. The summed E-state index contributed by atoms with van der Waals surface area (Å²) >= 11 is 0. The van der Waals surface area contributed by atoms with Crippen molar-refractivity contribution in [3.05, 3.63) is 71.2 Å². The molecule has 2 nitrogen and oxygen atoms in total. The van der Waals surface area contributed by atoms with Crippen molar-refractivity contribution in [2.24, 2.45) is 0 Å². The number of benzene rings is 2. The number of carbonyl (C=O) groups is 1. The van der Waals surface area contributed by atoms with Gasteiger partial charge in [0.1, 0.15) is 11.6 Å². The van der Waals surface area contributed by atoms with Gasteiger partial charge in [-0.05, 0) is 29.8 Å². The van der Waals surface area contributed by atoms with Crippen LogP contribution in [0.5, 0.6) is 0 Å². The number of halogens is 3. The summed E-state index contributed by atoms with van der Waals surface area (Å²) in [7, 11) is 0. The van der Waals surface area contributed by atoms with Crippen molar-refractivity contribution in [2.45, 2.75) is 6.42 Å². The maximum Gasteiger partial charge on any atom is 0.202 e. The highest BCUT2D eigenvalue weighted by molar-refractivity contribution is 5.98. The van der Waals surface area contributed by atoms with Crippen LogP contribution >= 0.6 is 0 Å². The Balaban J connectivity index is 1.91. The van der Waals surface area contributed by atoms with E-state index in [1.54, 1.807) is 6.07 Å². The zero-order valence-electron chi connectivity index (χ0n) is 10.7.